The maximum Gasteiger partial charge on any atom is 0.312 e. The van der Waals surface area contributed by atoms with Gasteiger partial charge in [0.15, 0.2) is 0 Å². The van der Waals surface area contributed by atoms with Gasteiger partial charge in [-0.15, -0.1) is 0 Å². The van der Waals surface area contributed by atoms with E-state index in [1.165, 1.54) is 0 Å². The second-order valence-electron chi connectivity index (χ2n) is 4.27. The van der Waals surface area contributed by atoms with Gasteiger partial charge >= 0.3 is 11.8 Å². The Morgan fingerprint density at radius 3 is 2.76 bits per heavy atom. The Labute approximate surface area is 101 Å². The van der Waals surface area contributed by atoms with Gasteiger partial charge in [-0.25, -0.2) is 0 Å². The largest absolute Gasteiger partial charge is 0.381 e. The first-order valence-electron chi connectivity index (χ1n) is 5.91. The molecule has 1 heterocycles. The Hall–Kier alpha value is -1.14. The van der Waals surface area contributed by atoms with E-state index in [9.17, 15) is 9.59 Å². The lowest BCUT2D eigenvalue weighted by Gasteiger charge is -2.36. The fourth-order valence-electron chi connectivity index (χ4n) is 2.04. The first-order chi connectivity index (χ1) is 8.10. The second-order valence-corrected chi connectivity index (χ2v) is 4.27. The van der Waals surface area contributed by atoms with Crippen LogP contribution in [0.5, 0.6) is 0 Å². The van der Waals surface area contributed by atoms with Crippen LogP contribution in [-0.2, 0) is 14.3 Å². The second kappa shape index (κ2) is 6.56. The lowest BCUT2D eigenvalue weighted by molar-refractivity contribution is -0.149. The molecule has 3 N–H and O–H groups in total. The van der Waals surface area contributed by atoms with Crippen molar-refractivity contribution in [2.24, 2.45) is 5.73 Å². The van der Waals surface area contributed by atoms with Gasteiger partial charge in [0.05, 0.1) is 6.10 Å². The number of hydrogen-bond acceptors (Lipinski definition) is 4. The summed E-state index contributed by atoms with van der Waals surface area (Å²) in [5.74, 6) is -1.04. The van der Waals surface area contributed by atoms with Crippen molar-refractivity contribution < 1.29 is 14.3 Å². The van der Waals surface area contributed by atoms with E-state index in [2.05, 4.69) is 5.32 Å². The average Bonchev–Trinajstić information content (AvgIpc) is 2.34. The molecule has 1 aliphatic heterocycles. The zero-order chi connectivity index (χ0) is 12.8. The standard InChI is InChI=1S/C11H21N3O3/c1-8-7-9(17-2)3-6-14(8)11(16)10(15)13-5-4-12/h8-9H,3-7,12H2,1-2H3,(H,13,15). The van der Waals surface area contributed by atoms with Crippen molar-refractivity contribution >= 4 is 11.8 Å². The van der Waals surface area contributed by atoms with Gasteiger partial charge in [-0.2, -0.15) is 0 Å². The third kappa shape index (κ3) is 3.67. The summed E-state index contributed by atoms with van der Waals surface area (Å²) in [6.07, 6.45) is 1.73. The Balaban J connectivity index is 2.49. The molecule has 1 rings (SSSR count). The molecule has 98 valence electrons. The minimum absolute atomic E-state index is 0.0322. The quantitative estimate of drug-likeness (QED) is 0.628. The van der Waals surface area contributed by atoms with Crippen molar-refractivity contribution in [2.45, 2.75) is 31.9 Å². The van der Waals surface area contributed by atoms with Gasteiger partial charge in [0.1, 0.15) is 0 Å². The molecule has 6 heteroatoms. The highest BCUT2D eigenvalue weighted by Crippen LogP contribution is 2.19. The SMILES string of the molecule is COC1CCN(C(=O)C(=O)NCCN)C(C)C1. The van der Waals surface area contributed by atoms with Gasteiger partial charge in [-0.1, -0.05) is 0 Å². The van der Waals surface area contributed by atoms with Gasteiger partial charge < -0.3 is 20.7 Å². The fraction of sp³-hybridized carbons (Fsp3) is 0.818. The number of likely N-dealkylation sites (tertiary alicyclic amines) is 1. The molecule has 17 heavy (non-hydrogen) atoms. The maximum absolute atomic E-state index is 11.8. The van der Waals surface area contributed by atoms with Crippen molar-refractivity contribution in [1.29, 1.82) is 0 Å². The Morgan fingerprint density at radius 1 is 1.53 bits per heavy atom. The van der Waals surface area contributed by atoms with E-state index in [0.29, 0.717) is 19.6 Å². The maximum atomic E-state index is 11.8. The van der Waals surface area contributed by atoms with Crippen LogP contribution in [0.3, 0.4) is 0 Å². The summed E-state index contributed by atoms with van der Waals surface area (Å²) in [6, 6.07) is 0.0322. The first kappa shape index (κ1) is 13.9. The van der Waals surface area contributed by atoms with Crippen LogP contribution in [0.2, 0.25) is 0 Å². The molecule has 0 saturated carbocycles. The topological polar surface area (TPSA) is 84.7 Å². The van der Waals surface area contributed by atoms with Crippen LogP contribution in [0.25, 0.3) is 0 Å². The number of methoxy groups -OCH3 is 1. The number of nitrogens with one attached hydrogen (secondary N) is 1. The molecule has 0 aromatic rings. The average molecular weight is 243 g/mol. The Bertz CT molecular complexity index is 283. The molecule has 0 aliphatic carbocycles. The van der Waals surface area contributed by atoms with Crippen LogP contribution in [0.4, 0.5) is 0 Å². The van der Waals surface area contributed by atoms with Gasteiger partial charge in [0.2, 0.25) is 0 Å². The fourth-order valence-corrected chi connectivity index (χ4v) is 2.04. The molecule has 0 radical (unpaired) electrons. The van der Waals surface area contributed by atoms with E-state index in [1.807, 2.05) is 6.92 Å². The molecular weight excluding hydrogens is 222 g/mol. The number of hydrogen-bond donors (Lipinski definition) is 2. The zero-order valence-electron chi connectivity index (χ0n) is 10.4. The van der Waals surface area contributed by atoms with E-state index in [-0.39, 0.29) is 12.1 Å². The minimum Gasteiger partial charge on any atom is -0.381 e. The molecule has 6 nitrogen and oxygen atoms in total. The molecule has 1 fully saturated rings. The molecule has 2 atom stereocenters. The van der Waals surface area contributed by atoms with Crippen LogP contribution >= 0.6 is 0 Å². The zero-order valence-corrected chi connectivity index (χ0v) is 10.4. The van der Waals surface area contributed by atoms with E-state index in [0.717, 1.165) is 12.8 Å². The van der Waals surface area contributed by atoms with Crippen LogP contribution in [0, 0.1) is 0 Å². The van der Waals surface area contributed by atoms with Gasteiger partial charge in [0.25, 0.3) is 0 Å². The van der Waals surface area contributed by atoms with Crippen molar-refractivity contribution in [3.63, 3.8) is 0 Å². The summed E-state index contributed by atoms with van der Waals surface area (Å²) in [7, 11) is 1.67. The molecule has 0 spiro atoms. The number of carbonyl (C=O) groups excluding carboxylic acids is 2. The molecule has 0 bridgehead atoms. The van der Waals surface area contributed by atoms with Crippen LogP contribution < -0.4 is 11.1 Å². The first-order valence-corrected chi connectivity index (χ1v) is 5.91. The summed E-state index contributed by atoms with van der Waals surface area (Å²) in [4.78, 5) is 24.9. The lowest BCUT2D eigenvalue weighted by atomic mass is 10.0. The normalized spacial score (nSPS) is 24.5. The molecule has 0 aromatic heterocycles. The van der Waals surface area contributed by atoms with Crippen molar-refractivity contribution in [3.05, 3.63) is 0 Å². The molecule has 1 aliphatic rings. The van der Waals surface area contributed by atoms with Crippen molar-refractivity contribution in [2.75, 3.05) is 26.7 Å². The number of piperidine rings is 1. The summed E-state index contributed by atoms with van der Waals surface area (Å²) in [6.45, 7) is 3.15. The number of nitrogens with two attached hydrogens (primary N) is 1. The number of ether oxygens (including phenoxy) is 1. The highest BCUT2D eigenvalue weighted by Gasteiger charge is 2.31. The predicted molar refractivity (Wildman–Crippen MR) is 63.3 cm³/mol. The number of carbonyl (C=O) groups is 2. The summed E-state index contributed by atoms with van der Waals surface area (Å²) < 4.78 is 5.26. The molecular formula is C11H21N3O3. The molecule has 0 aromatic carbocycles. The third-order valence-corrected chi connectivity index (χ3v) is 3.05. The highest BCUT2D eigenvalue weighted by molar-refractivity contribution is 6.35. The van der Waals surface area contributed by atoms with E-state index < -0.39 is 11.8 Å². The molecule has 2 unspecified atom stereocenters. The highest BCUT2D eigenvalue weighted by atomic mass is 16.5. The van der Waals surface area contributed by atoms with Crippen molar-refractivity contribution in [3.8, 4) is 0 Å². The number of nitrogens with zero attached hydrogens (tertiary/aromatic N) is 1. The predicted octanol–water partition coefficient (Wildman–Crippen LogP) is -0.913. The summed E-state index contributed by atoms with van der Waals surface area (Å²) in [5, 5.41) is 2.49. The minimum atomic E-state index is -0.571. The monoisotopic (exact) mass is 243 g/mol. The summed E-state index contributed by atoms with van der Waals surface area (Å²) in [5.41, 5.74) is 5.26. The Kier molecular flexibility index (Phi) is 5.37. The van der Waals surface area contributed by atoms with Crippen LogP contribution in [0.15, 0.2) is 0 Å². The van der Waals surface area contributed by atoms with Crippen LogP contribution in [0.1, 0.15) is 19.8 Å². The van der Waals surface area contributed by atoms with Gasteiger partial charge in [-0.05, 0) is 19.8 Å². The molecule has 1 saturated heterocycles. The third-order valence-electron chi connectivity index (χ3n) is 3.05. The van der Waals surface area contributed by atoms with Gasteiger partial charge in [-0.3, -0.25) is 9.59 Å². The van der Waals surface area contributed by atoms with E-state index >= 15 is 0 Å². The van der Waals surface area contributed by atoms with E-state index in [4.69, 9.17) is 10.5 Å². The number of amides is 2. The smallest absolute Gasteiger partial charge is 0.312 e. The van der Waals surface area contributed by atoms with Gasteiger partial charge in [0, 0.05) is 32.8 Å². The van der Waals surface area contributed by atoms with Crippen LogP contribution in [-0.4, -0.2) is 55.6 Å². The number of rotatable bonds is 3. The molecule has 2 amide bonds. The van der Waals surface area contributed by atoms with Crippen molar-refractivity contribution in [1.82, 2.24) is 10.2 Å². The lowest BCUT2D eigenvalue weighted by Crippen LogP contribution is -2.52. The summed E-state index contributed by atoms with van der Waals surface area (Å²) >= 11 is 0. The van der Waals surface area contributed by atoms with E-state index in [1.54, 1.807) is 12.0 Å². The Morgan fingerprint density at radius 2 is 2.24 bits per heavy atom.